The van der Waals surface area contributed by atoms with Gasteiger partial charge in [-0.1, -0.05) is 33.6 Å². The van der Waals surface area contributed by atoms with Crippen molar-refractivity contribution < 1.29 is 4.79 Å². The van der Waals surface area contributed by atoms with Gasteiger partial charge in [0, 0.05) is 17.5 Å². The van der Waals surface area contributed by atoms with E-state index in [0.29, 0.717) is 6.42 Å². The molecule has 1 rings (SSSR count). The molecule has 17 heavy (non-hydrogen) atoms. The van der Waals surface area contributed by atoms with Gasteiger partial charge in [-0.2, -0.15) is 0 Å². The highest BCUT2D eigenvalue weighted by molar-refractivity contribution is 5.78. The van der Waals surface area contributed by atoms with Gasteiger partial charge >= 0.3 is 0 Å². The molecule has 0 aromatic carbocycles. The Hall–Kier alpha value is -0.570. The van der Waals surface area contributed by atoms with E-state index < -0.39 is 0 Å². The zero-order chi connectivity index (χ0) is 12.9. The predicted molar refractivity (Wildman–Crippen MR) is 71.8 cm³/mol. The topological polar surface area (TPSA) is 55.1 Å². The summed E-state index contributed by atoms with van der Waals surface area (Å²) >= 11 is 0. The van der Waals surface area contributed by atoms with Gasteiger partial charge in [0.2, 0.25) is 5.91 Å². The van der Waals surface area contributed by atoms with E-state index in [9.17, 15) is 4.79 Å². The van der Waals surface area contributed by atoms with Crippen molar-refractivity contribution in [1.82, 2.24) is 5.32 Å². The molecular formula is C14H28N2O. The van der Waals surface area contributed by atoms with Crippen molar-refractivity contribution in [2.45, 2.75) is 83.2 Å². The molecule has 0 aromatic rings. The first-order valence-corrected chi connectivity index (χ1v) is 7.09. The molecule has 0 heterocycles. The summed E-state index contributed by atoms with van der Waals surface area (Å²) in [6, 6.07) is 0. The zero-order valence-corrected chi connectivity index (χ0v) is 11.6. The molecule has 0 saturated heterocycles. The first kappa shape index (κ1) is 14.5. The van der Waals surface area contributed by atoms with Crippen molar-refractivity contribution in [3.8, 4) is 0 Å². The fourth-order valence-electron chi connectivity index (χ4n) is 2.93. The van der Waals surface area contributed by atoms with Crippen LogP contribution < -0.4 is 11.1 Å². The van der Waals surface area contributed by atoms with E-state index in [4.69, 9.17) is 5.73 Å². The van der Waals surface area contributed by atoms with Gasteiger partial charge in [0.1, 0.15) is 0 Å². The Morgan fingerprint density at radius 2 is 1.65 bits per heavy atom. The van der Waals surface area contributed by atoms with E-state index in [1.165, 1.54) is 12.8 Å². The predicted octanol–water partition coefficient (Wildman–Crippen LogP) is 2.73. The fraction of sp³-hybridized carbons (Fsp3) is 0.929. The summed E-state index contributed by atoms with van der Waals surface area (Å²) in [4.78, 5) is 12.1. The van der Waals surface area contributed by atoms with Gasteiger partial charge in [0.15, 0.2) is 0 Å². The molecule has 1 amide bonds. The van der Waals surface area contributed by atoms with Gasteiger partial charge < -0.3 is 11.1 Å². The van der Waals surface area contributed by atoms with Crippen LogP contribution in [0.5, 0.6) is 0 Å². The Labute approximate surface area is 106 Å². The molecule has 100 valence electrons. The Morgan fingerprint density at radius 3 is 2.06 bits per heavy atom. The zero-order valence-electron chi connectivity index (χ0n) is 11.6. The van der Waals surface area contributed by atoms with Crippen LogP contribution in [0.15, 0.2) is 0 Å². The standard InChI is InChI=1S/C14H28N2O/c1-4-14(5-2,6-3)16-12(17)11-13(15)9-7-8-10-13/h4-11,15H2,1-3H3,(H,16,17). The first-order valence-electron chi connectivity index (χ1n) is 7.09. The summed E-state index contributed by atoms with van der Waals surface area (Å²) in [5.74, 6) is 0.139. The molecule has 1 aliphatic carbocycles. The van der Waals surface area contributed by atoms with Crippen molar-refractivity contribution in [1.29, 1.82) is 0 Å². The van der Waals surface area contributed by atoms with Gasteiger partial charge in [-0.3, -0.25) is 4.79 Å². The lowest BCUT2D eigenvalue weighted by molar-refractivity contribution is -0.124. The monoisotopic (exact) mass is 240 g/mol. The maximum absolute atomic E-state index is 12.1. The van der Waals surface area contributed by atoms with E-state index in [1.807, 2.05) is 0 Å². The average molecular weight is 240 g/mol. The number of hydrogen-bond donors (Lipinski definition) is 2. The summed E-state index contributed by atoms with van der Waals surface area (Å²) in [6.07, 6.45) is 7.80. The van der Waals surface area contributed by atoms with Crippen LogP contribution >= 0.6 is 0 Å². The second kappa shape index (κ2) is 5.85. The van der Waals surface area contributed by atoms with Crippen molar-refractivity contribution in [2.75, 3.05) is 0 Å². The number of hydrogen-bond acceptors (Lipinski definition) is 2. The van der Waals surface area contributed by atoms with E-state index >= 15 is 0 Å². The number of rotatable bonds is 6. The molecule has 0 atom stereocenters. The summed E-state index contributed by atoms with van der Waals surface area (Å²) in [7, 11) is 0. The molecule has 1 aliphatic rings. The highest BCUT2D eigenvalue weighted by atomic mass is 16.1. The number of nitrogens with two attached hydrogens (primary N) is 1. The average Bonchev–Trinajstić information content (AvgIpc) is 2.72. The second-order valence-corrected chi connectivity index (χ2v) is 5.64. The minimum absolute atomic E-state index is 0.0218. The largest absolute Gasteiger partial charge is 0.351 e. The Bertz CT molecular complexity index is 245. The Balaban J connectivity index is 2.53. The number of carbonyl (C=O) groups excluding carboxylic acids is 1. The number of nitrogens with one attached hydrogen (secondary N) is 1. The van der Waals surface area contributed by atoms with E-state index in [-0.39, 0.29) is 17.0 Å². The molecule has 3 heteroatoms. The van der Waals surface area contributed by atoms with Gasteiger partial charge in [0.25, 0.3) is 0 Å². The lowest BCUT2D eigenvalue weighted by atomic mass is 9.88. The smallest absolute Gasteiger partial charge is 0.222 e. The molecule has 0 aromatic heterocycles. The minimum Gasteiger partial charge on any atom is -0.351 e. The molecule has 1 saturated carbocycles. The van der Waals surface area contributed by atoms with Crippen LogP contribution in [-0.4, -0.2) is 17.0 Å². The molecule has 3 nitrogen and oxygen atoms in total. The quantitative estimate of drug-likeness (QED) is 0.750. The third-order valence-electron chi connectivity index (χ3n) is 4.55. The third kappa shape index (κ3) is 3.70. The highest BCUT2D eigenvalue weighted by Crippen LogP contribution is 2.30. The number of carbonyl (C=O) groups is 1. The Morgan fingerprint density at radius 1 is 1.18 bits per heavy atom. The lowest BCUT2D eigenvalue weighted by Gasteiger charge is -2.33. The fourth-order valence-corrected chi connectivity index (χ4v) is 2.93. The molecule has 0 unspecified atom stereocenters. The van der Waals surface area contributed by atoms with Crippen molar-refractivity contribution in [3.63, 3.8) is 0 Å². The summed E-state index contributed by atoms with van der Waals surface area (Å²) < 4.78 is 0. The summed E-state index contributed by atoms with van der Waals surface area (Å²) in [6.45, 7) is 6.42. The molecule has 0 radical (unpaired) electrons. The molecule has 1 fully saturated rings. The van der Waals surface area contributed by atoms with Crippen LogP contribution in [0.1, 0.15) is 72.1 Å². The van der Waals surface area contributed by atoms with Gasteiger partial charge in [0.05, 0.1) is 0 Å². The van der Waals surface area contributed by atoms with Gasteiger partial charge in [-0.25, -0.2) is 0 Å². The SMILES string of the molecule is CCC(CC)(CC)NC(=O)CC1(N)CCCC1. The van der Waals surface area contributed by atoms with E-state index in [1.54, 1.807) is 0 Å². The van der Waals surface area contributed by atoms with E-state index in [2.05, 4.69) is 26.1 Å². The third-order valence-corrected chi connectivity index (χ3v) is 4.55. The molecule has 3 N–H and O–H groups in total. The van der Waals surface area contributed by atoms with Crippen molar-refractivity contribution in [2.24, 2.45) is 5.73 Å². The first-order chi connectivity index (χ1) is 7.99. The van der Waals surface area contributed by atoms with Gasteiger partial charge in [-0.15, -0.1) is 0 Å². The molecular weight excluding hydrogens is 212 g/mol. The van der Waals surface area contributed by atoms with Crippen LogP contribution in [0.2, 0.25) is 0 Å². The summed E-state index contributed by atoms with van der Waals surface area (Å²) in [5, 5.41) is 3.21. The van der Waals surface area contributed by atoms with Gasteiger partial charge in [-0.05, 0) is 32.1 Å². The van der Waals surface area contributed by atoms with Crippen LogP contribution in [0.25, 0.3) is 0 Å². The maximum atomic E-state index is 12.1. The van der Waals surface area contributed by atoms with Crippen molar-refractivity contribution >= 4 is 5.91 Å². The molecule has 0 bridgehead atoms. The Kier molecular flexibility index (Phi) is 4.99. The maximum Gasteiger partial charge on any atom is 0.222 e. The normalized spacial score (nSPS) is 19.3. The second-order valence-electron chi connectivity index (χ2n) is 5.64. The van der Waals surface area contributed by atoms with Crippen LogP contribution in [0.3, 0.4) is 0 Å². The molecule has 0 aliphatic heterocycles. The van der Waals surface area contributed by atoms with E-state index in [0.717, 1.165) is 32.1 Å². The van der Waals surface area contributed by atoms with Crippen LogP contribution in [0.4, 0.5) is 0 Å². The number of amides is 1. The van der Waals surface area contributed by atoms with Crippen molar-refractivity contribution in [3.05, 3.63) is 0 Å². The van der Waals surface area contributed by atoms with Crippen LogP contribution in [-0.2, 0) is 4.79 Å². The molecule has 0 spiro atoms. The summed E-state index contributed by atoms with van der Waals surface area (Å²) in [5.41, 5.74) is 5.99. The highest BCUT2D eigenvalue weighted by Gasteiger charge is 2.34. The lowest BCUT2D eigenvalue weighted by Crippen LogP contribution is -2.50. The van der Waals surface area contributed by atoms with Crippen LogP contribution in [0, 0.1) is 0 Å². The minimum atomic E-state index is -0.231.